The van der Waals surface area contributed by atoms with Crippen LogP contribution >= 0.6 is 0 Å². The third-order valence-corrected chi connectivity index (χ3v) is 3.76. The van der Waals surface area contributed by atoms with Crippen molar-refractivity contribution in [2.45, 2.75) is 55.1 Å². The highest BCUT2D eigenvalue weighted by atomic mass is 16.7. The van der Waals surface area contributed by atoms with Crippen LogP contribution in [0.5, 0.6) is 0 Å². The molecule has 152 valence electrons. The number of amides is 1. The number of rotatable bonds is 9. The third kappa shape index (κ3) is 5.29. The summed E-state index contributed by atoms with van der Waals surface area (Å²) in [5.41, 5.74) is 1.35. The van der Waals surface area contributed by atoms with Gasteiger partial charge in [0.1, 0.15) is 42.7 Å². The maximum absolute atomic E-state index is 11.2. The lowest BCUT2D eigenvalue weighted by Gasteiger charge is -2.42. The van der Waals surface area contributed by atoms with E-state index < -0.39 is 74.4 Å². The van der Waals surface area contributed by atoms with Crippen molar-refractivity contribution < 1.29 is 61.0 Å². The van der Waals surface area contributed by atoms with E-state index in [-0.39, 0.29) is 6.29 Å². The zero-order valence-electron chi connectivity index (χ0n) is 14.4. The van der Waals surface area contributed by atoms with E-state index in [2.05, 4.69) is 4.74 Å². The lowest BCUT2D eigenvalue weighted by Crippen LogP contribution is -2.62. The Bertz CT molecular complexity index is 484. The van der Waals surface area contributed by atoms with Crippen LogP contribution in [0.2, 0.25) is 1.41 Å². The summed E-state index contributed by atoms with van der Waals surface area (Å²) in [6.45, 7) is -1.74. The van der Waals surface area contributed by atoms with Gasteiger partial charge in [-0.1, -0.05) is 0 Å². The number of carbonyl (C=O) groups excluding carboxylic acids is 2. The van der Waals surface area contributed by atoms with E-state index in [0.29, 0.717) is 0 Å². The number of nitrogens with two attached hydrogens (primary N) is 1. The molecule has 1 amide bonds. The largest absolute Gasteiger partial charge is 0.441 e. The SMILES string of the molecule is [2H]NC(=O)O[C@H]1[C@H](O)[C@@H](CO)OC(O[C@H](C=O)[C@@H](O)[C@H](O)[C@@H](O)CO)[C@H]1O. The number of hydrogen-bond acceptors (Lipinski definition) is 12. The first kappa shape index (κ1) is 20.9. The summed E-state index contributed by atoms with van der Waals surface area (Å²) in [6, 6.07) is 0. The molecular weight excluding hydrogens is 362 g/mol. The molecule has 0 spiro atoms. The maximum Gasteiger partial charge on any atom is 0.404 e. The molecule has 0 bridgehead atoms. The number of aliphatic hydroxyl groups excluding tert-OH is 7. The average Bonchev–Trinajstić information content (AvgIpc) is 2.68. The first-order chi connectivity index (χ1) is 12.7. The Kier molecular flexibility index (Phi) is 8.08. The highest BCUT2D eigenvalue weighted by Gasteiger charge is 2.48. The van der Waals surface area contributed by atoms with Gasteiger partial charge in [-0.25, -0.2) is 4.79 Å². The maximum atomic E-state index is 11.2. The van der Waals surface area contributed by atoms with Crippen LogP contribution in [0.3, 0.4) is 0 Å². The van der Waals surface area contributed by atoms with Crippen LogP contribution in [0.25, 0.3) is 0 Å². The molecule has 26 heavy (non-hydrogen) atoms. The summed E-state index contributed by atoms with van der Waals surface area (Å²) < 4.78 is 21.4. The molecule has 0 aromatic heterocycles. The number of aliphatic hydroxyl groups is 7. The van der Waals surface area contributed by atoms with Crippen molar-refractivity contribution in [1.82, 2.24) is 0 Å². The number of primary amides is 1. The number of aldehydes is 1. The van der Waals surface area contributed by atoms with Gasteiger partial charge in [0.25, 0.3) is 0 Å². The topological polar surface area (TPSA) is 229 Å². The van der Waals surface area contributed by atoms with E-state index in [1.54, 1.807) is 0 Å². The Morgan fingerprint density at radius 3 is 2.38 bits per heavy atom. The van der Waals surface area contributed by atoms with Crippen molar-refractivity contribution in [3.8, 4) is 0 Å². The Hall–Kier alpha value is -1.42. The quantitative estimate of drug-likeness (QED) is 0.173. The molecule has 1 saturated heterocycles. The average molecular weight is 386 g/mol. The first-order valence-electron chi connectivity index (χ1n) is 7.98. The minimum atomic E-state index is -2.05. The van der Waals surface area contributed by atoms with Gasteiger partial charge in [0.15, 0.2) is 20.1 Å². The molecule has 0 aromatic rings. The molecule has 0 aromatic carbocycles. The lowest BCUT2D eigenvalue weighted by atomic mass is 9.98. The Balaban J connectivity index is 2.94. The molecular formula is C13H23NO12. The van der Waals surface area contributed by atoms with Gasteiger partial charge in [-0.2, -0.15) is 0 Å². The van der Waals surface area contributed by atoms with Crippen molar-refractivity contribution in [1.29, 1.82) is 0 Å². The predicted molar refractivity (Wildman–Crippen MR) is 78.3 cm³/mol. The van der Waals surface area contributed by atoms with Crippen LogP contribution in [0, 0.1) is 0 Å². The Morgan fingerprint density at radius 1 is 1.23 bits per heavy atom. The van der Waals surface area contributed by atoms with Crippen molar-refractivity contribution in [3.63, 3.8) is 0 Å². The lowest BCUT2D eigenvalue weighted by molar-refractivity contribution is -0.314. The zero-order valence-corrected chi connectivity index (χ0v) is 13.4. The van der Waals surface area contributed by atoms with Crippen LogP contribution in [-0.4, -0.2) is 116 Å². The molecule has 1 aliphatic heterocycles. The van der Waals surface area contributed by atoms with Crippen molar-refractivity contribution in [2.75, 3.05) is 13.2 Å². The van der Waals surface area contributed by atoms with Crippen LogP contribution in [-0.2, 0) is 19.0 Å². The van der Waals surface area contributed by atoms with Gasteiger partial charge in [0, 0.05) is 0 Å². The van der Waals surface area contributed by atoms with E-state index >= 15 is 0 Å². The zero-order chi connectivity index (χ0) is 20.7. The van der Waals surface area contributed by atoms with Gasteiger partial charge < -0.3 is 60.5 Å². The van der Waals surface area contributed by atoms with E-state index in [9.17, 15) is 40.2 Å². The summed E-state index contributed by atoms with van der Waals surface area (Å²) in [5.74, 6) is 0. The molecule has 0 aliphatic carbocycles. The molecule has 1 aliphatic rings. The monoisotopic (exact) mass is 386 g/mol. The third-order valence-electron chi connectivity index (χ3n) is 3.76. The van der Waals surface area contributed by atoms with E-state index in [4.69, 9.17) is 16.0 Å². The minimum Gasteiger partial charge on any atom is -0.441 e. The van der Waals surface area contributed by atoms with Crippen molar-refractivity contribution >= 4 is 12.4 Å². The second-order valence-electron chi connectivity index (χ2n) is 5.54. The number of ether oxygens (including phenoxy) is 3. The highest BCUT2D eigenvalue weighted by Crippen LogP contribution is 2.26. The Labute approximate surface area is 148 Å². The smallest absolute Gasteiger partial charge is 0.404 e. The van der Waals surface area contributed by atoms with Crippen LogP contribution in [0.1, 0.15) is 0 Å². The molecule has 1 heterocycles. The van der Waals surface area contributed by atoms with Crippen LogP contribution in [0.15, 0.2) is 0 Å². The summed E-state index contributed by atoms with van der Waals surface area (Å²) in [4.78, 5) is 22.4. The fourth-order valence-electron chi connectivity index (χ4n) is 2.31. The molecule has 1 unspecified atom stereocenters. The molecule has 1 rings (SSSR count). The normalized spacial score (nSPS) is 34.1. The first-order valence-corrected chi connectivity index (χ1v) is 7.48. The molecule has 0 saturated carbocycles. The standard InChI is InChI=1S/C13H23NO12/c14-13(23)26-11-9(21)6(3-17)25-12(10(11)22)24-5(2-16)8(20)7(19)4(18)1-15/h2,4-12,15,17-22H,1,3H2,(H2,14,23)/t4-,5+,6+,7+,8+,9+,10-,11-,12?/m0/s1/i/hD. The summed E-state index contributed by atoms with van der Waals surface area (Å²) in [6.07, 6.45) is -17.7. The summed E-state index contributed by atoms with van der Waals surface area (Å²) in [7, 11) is 0. The second-order valence-corrected chi connectivity index (χ2v) is 5.54. The molecule has 9 atom stereocenters. The van der Waals surface area contributed by atoms with Crippen molar-refractivity contribution in [2.24, 2.45) is 5.73 Å². The van der Waals surface area contributed by atoms with Gasteiger partial charge in [-0.3, -0.25) is 0 Å². The highest BCUT2D eigenvalue weighted by molar-refractivity contribution is 5.65. The van der Waals surface area contributed by atoms with Gasteiger partial charge in [-0.05, 0) is 0 Å². The molecule has 13 nitrogen and oxygen atoms in total. The Morgan fingerprint density at radius 2 is 1.88 bits per heavy atom. The number of hydrogen-bond donors (Lipinski definition) is 8. The fraction of sp³-hybridized carbons (Fsp3) is 0.846. The van der Waals surface area contributed by atoms with E-state index in [1.165, 1.54) is 5.73 Å². The van der Waals surface area contributed by atoms with E-state index in [0.717, 1.165) is 0 Å². The van der Waals surface area contributed by atoms with Gasteiger partial charge in [0.05, 0.1) is 13.2 Å². The molecule has 1 fully saturated rings. The summed E-state index contributed by atoms with van der Waals surface area (Å²) >= 11 is 0. The molecule has 0 radical (unpaired) electrons. The molecule has 9 N–H and O–H groups in total. The van der Waals surface area contributed by atoms with Gasteiger partial charge in [-0.15, -0.1) is 0 Å². The minimum absolute atomic E-state index is 0.0133. The van der Waals surface area contributed by atoms with Gasteiger partial charge in [0.2, 0.25) is 0 Å². The van der Waals surface area contributed by atoms with Crippen LogP contribution in [0.4, 0.5) is 4.79 Å². The second kappa shape index (κ2) is 10.1. The van der Waals surface area contributed by atoms with Crippen LogP contribution < -0.4 is 5.73 Å². The van der Waals surface area contributed by atoms with E-state index in [1.807, 2.05) is 0 Å². The molecule has 13 heteroatoms. The van der Waals surface area contributed by atoms with Gasteiger partial charge >= 0.3 is 6.09 Å². The summed E-state index contributed by atoms with van der Waals surface area (Å²) in [5, 5.41) is 67.0. The fourth-order valence-corrected chi connectivity index (χ4v) is 2.31. The predicted octanol–water partition coefficient (Wildman–Crippen LogP) is -5.45. The number of carbonyl (C=O) groups is 2. The van der Waals surface area contributed by atoms with Crippen molar-refractivity contribution in [3.05, 3.63) is 0 Å².